The lowest BCUT2D eigenvalue weighted by Gasteiger charge is -2.12. The lowest BCUT2D eigenvalue weighted by atomic mass is 10.2. The highest BCUT2D eigenvalue weighted by atomic mass is 16.2. The molecule has 160 valence electrons. The van der Waals surface area contributed by atoms with E-state index in [0.29, 0.717) is 19.0 Å². The van der Waals surface area contributed by atoms with Crippen molar-refractivity contribution in [1.29, 1.82) is 0 Å². The first kappa shape index (κ1) is 21.8. The maximum absolute atomic E-state index is 11.2. The SMILES string of the molecule is CC(=O)Nc1cccc(CNc2ncc(C)c(NCc3cccc(NC(C)=O)c3)n2)c1. The van der Waals surface area contributed by atoms with E-state index in [-0.39, 0.29) is 11.8 Å². The molecule has 0 spiro atoms. The number of anilines is 4. The summed E-state index contributed by atoms with van der Waals surface area (Å²) >= 11 is 0. The Balaban J connectivity index is 1.63. The molecule has 0 bridgehead atoms. The minimum Gasteiger partial charge on any atom is -0.366 e. The van der Waals surface area contributed by atoms with Crippen LogP contribution in [0.15, 0.2) is 54.7 Å². The Morgan fingerprint density at radius 2 is 1.39 bits per heavy atom. The van der Waals surface area contributed by atoms with Crippen LogP contribution < -0.4 is 21.3 Å². The van der Waals surface area contributed by atoms with Crippen molar-refractivity contribution in [2.45, 2.75) is 33.9 Å². The zero-order valence-corrected chi connectivity index (χ0v) is 17.8. The molecule has 2 amide bonds. The first-order chi connectivity index (χ1) is 14.9. The number of aryl methyl sites for hydroxylation is 1. The molecule has 0 radical (unpaired) electrons. The van der Waals surface area contributed by atoms with E-state index in [1.54, 1.807) is 6.20 Å². The largest absolute Gasteiger partial charge is 0.366 e. The van der Waals surface area contributed by atoms with E-state index in [9.17, 15) is 9.59 Å². The van der Waals surface area contributed by atoms with Crippen LogP contribution in [-0.2, 0) is 22.7 Å². The molecule has 1 aromatic heterocycles. The van der Waals surface area contributed by atoms with Gasteiger partial charge >= 0.3 is 0 Å². The molecule has 0 saturated carbocycles. The van der Waals surface area contributed by atoms with Crippen LogP contribution in [0.2, 0.25) is 0 Å². The molecule has 0 aliphatic carbocycles. The van der Waals surface area contributed by atoms with Crippen molar-refractivity contribution in [2.24, 2.45) is 0 Å². The number of hydrogen-bond acceptors (Lipinski definition) is 6. The van der Waals surface area contributed by atoms with Gasteiger partial charge in [0.15, 0.2) is 0 Å². The van der Waals surface area contributed by atoms with Crippen LogP contribution in [0.1, 0.15) is 30.5 Å². The Morgan fingerprint density at radius 1 is 0.839 bits per heavy atom. The summed E-state index contributed by atoms with van der Waals surface area (Å²) in [6.07, 6.45) is 1.76. The van der Waals surface area contributed by atoms with Gasteiger partial charge in [-0.3, -0.25) is 9.59 Å². The highest BCUT2D eigenvalue weighted by Gasteiger charge is 2.06. The number of nitrogens with zero attached hydrogens (tertiary/aromatic N) is 2. The van der Waals surface area contributed by atoms with E-state index in [0.717, 1.165) is 33.9 Å². The fourth-order valence-corrected chi connectivity index (χ4v) is 3.00. The van der Waals surface area contributed by atoms with Crippen molar-refractivity contribution in [2.75, 3.05) is 21.3 Å². The van der Waals surface area contributed by atoms with Crippen molar-refractivity contribution in [3.05, 3.63) is 71.4 Å². The average molecular weight is 419 g/mol. The van der Waals surface area contributed by atoms with Crippen molar-refractivity contribution in [1.82, 2.24) is 9.97 Å². The number of carbonyl (C=O) groups is 2. The van der Waals surface area contributed by atoms with Crippen LogP contribution in [0.3, 0.4) is 0 Å². The molecular weight excluding hydrogens is 392 g/mol. The zero-order chi connectivity index (χ0) is 22.2. The van der Waals surface area contributed by atoms with Crippen molar-refractivity contribution >= 4 is 35.0 Å². The second-order valence-electron chi connectivity index (χ2n) is 7.20. The Morgan fingerprint density at radius 3 is 1.94 bits per heavy atom. The van der Waals surface area contributed by atoms with Crippen LogP contribution in [0.5, 0.6) is 0 Å². The Kier molecular flexibility index (Phi) is 7.16. The normalized spacial score (nSPS) is 10.3. The predicted octanol–water partition coefficient (Wildman–Crippen LogP) is 3.93. The molecule has 8 nitrogen and oxygen atoms in total. The summed E-state index contributed by atoms with van der Waals surface area (Å²) in [5, 5.41) is 12.1. The Hall–Kier alpha value is -3.94. The van der Waals surface area contributed by atoms with Gasteiger partial charge in [-0.25, -0.2) is 4.98 Å². The number of hydrogen-bond donors (Lipinski definition) is 4. The lowest BCUT2D eigenvalue weighted by Crippen LogP contribution is -2.10. The number of aromatic nitrogens is 2. The van der Waals surface area contributed by atoms with E-state index >= 15 is 0 Å². The number of amides is 2. The Bertz CT molecular complexity index is 1080. The third-order valence-corrected chi connectivity index (χ3v) is 4.38. The molecule has 0 saturated heterocycles. The van der Waals surface area contributed by atoms with Crippen LogP contribution in [0.4, 0.5) is 23.1 Å². The quantitative estimate of drug-likeness (QED) is 0.442. The number of carbonyl (C=O) groups excluding carboxylic acids is 2. The van der Waals surface area contributed by atoms with Gasteiger partial charge in [0.05, 0.1) is 0 Å². The topological polar surface area (TPSA) is 108 Å². The molecule has 0 aliphatic rings. The molecule has 0 aliphatic heterocycles. The fraction of sp³-hybridized carbons (Fsp3) is 0.217. The predicted molar refractivity (Wildman–Crippen MR) is 123 cm³/mol. The maximum atomic E-state index is 11.2. The molecule has 31 heavy (non-hydrogen) atoms. The monoisotopic (exact) mass is 418 g/mol. The van der Waals surface area contributed by atoms with Crippen molar-refractivity contribution in [3.8, 4) is 0 Å². The summed E-state index contributed by atoms with van der Waals surface area (Å²) in [4.78, 5) is 31.4. The van der Waals surface area contributed by atoms with Crippen molar-refractivity contribution in [3.63, 3.8) is 0 Å². The lowest BCUT2D eigenvalue weighted by molar-refractivity contribution is -0.115. The highest BCUT2D eigenvalue weighted by Crippen LogP contribution is 2.17. The second kappa shape index (κ2) is 10.2. The number of nitrogens with one attached hydrogen (secondary N) is 4. The van der Waals surface area contributed by atoms with Crippen LogP contribution in [0.25, 0.3) is 0 Å². The van der Waals surface area contributed by atoms with Gasteiger partial charge in [0.25, 0.3) is 0 Å². The summed E-state index contributed by atoms with van der Waals surface area (Å²) in [5.41, 5.74) is 4.46. The Labute approximate surface area is 181 Å². The third kappa shape index (κ3) is 6.81. The molecule has 3 aromatic rings. The van der Waals surface area contributed by atoms with Gasteiger partial charge in [-0.1, -0.05) is 24.3 Å². The molecule has 8 heteroatoms. The standard InChI is InChI=1S/C23H26N6O2/c1-15-12-25-23(26-14-19-7-5-9-21(11-19)28-17(3)31)29-22(15)24-13-18-6-4-8-20(10-18)27-16(2)30/h4-12H,13-14H2,1-3H3,(H,27,30)(H,28,31)(H2,24,25,26,29). The summed E-state index contributed by atoms with van der Waals surface area (Å²) in [5.74, 6) is 1.03. The van der Waals surface area contributed by atoms with E-state index in [2.05, 4.69) is 31.2 Å². The maximum Gasteiger partial charge on any atom is 0.224 e. The molecule has 4 N–H and O–H groups in total. The molecular formula is C23H26N6O2. The first-order valence-electron chi connectivity index (χ1n) is 9.93. The first-order valence-corrected chi connectivity index (χ1v) is 9.93. The molecule has 0 atom stereocenters. The summed E-state index contributed by atoms with van der Waals surface area (Å²) in [6, 6.07) is 15.3. The van der Waals surface area contributed by atoms with Gasteiger partial charge in [-0.2, -0.15) is 4.98 Å². The van der Waals surface area contributed by atoms with Crippen LogP contribution in [-0.4, -0.2) is 21.8 Å². The van der Waals surface area contributed by atoms with Gasteiger partial charge in [0.1, 0.15) is 5.82 Å². The third-order valence-electron chi connectivity index (χ3n) is 4.38. The van der Waals surface area contributed by atoms with E-state index < -0.39 is 0 Å². The summed E-state index contributed by atoms with van der Waals surface area (Å²) < 4.78 is 0. The molecule has 1 heterocycles. The van der Waals surface area contributed by atoms with Gasteiger partial charge in [0, 0.05) is 50.1 Å². The van der Waals surface area contributed by atoms with Gasteiger partial charge in [-0.05, 0) is 42.3 Å². The summed E-state index contributed by atoms with van der Waals surface area (Å²) in [6.45, 7) is 5.99. The number of rotatable bonds is 8. The minimum absolute atomic E-state index is 0.102. The smallest absolute Gasteiger partial charge is 0.224 e. The summed E-state index contributed by atoms with van der Waals surface area (Å²) in [7, 11) is 0. The van der Waals surface area contributed by atoms with E-state index in [1.807, 2.05) is 55.5 Å². The van der Waals surface area contributed by atoms with Gasteiger partial charge in [0.2, 0.25) is 17.8 Å². The van der Waals surface area contributed by atoms with Crippen LogP contribution in [0, 0.1) is 6.92 Å². The van der Waals surface area contributed by atoms with Gasteiger partial charge in [-0.15, -0.1) is 0 Å². The zero-order valence-electron chi connectivity index (χ0n) is 17.8. The second-order valence-corrected chi connectivity index (χ2v) is 7.20. The molecule has 0 fully saturated rings. The van der Waals surface area contributed by atoms with Crippen molar-refractivity contribution < 1.29 is 9.59 Å². The highest BCUT2D eigenvalue weighted by molar-refractivity contribution is 5.89. The fourth-order valence-electron chi connectivity index (χ4n) is 3.00. The van der Waals surface area contributed by atoms with E-state index in [1.165, 1.54) is 13.8 Å². The molecule has 0 unspecified atom stereocenters. The molecule has 3 rings (SSSR count). The average Bonchev–Trinajstić information content (AvgIpc) is 2.72. The van der Waals surface area contributed by atoms with E-state index in [4.69, 9.17) is 0 Å². The van der Waals surface area contributed by atoms with Gasteiger partial charge < -0.3 is 21.3 Å². The number of benzene rings is 2. The minimum atomic E-state index is -0.106. The molecule has 2 aromatic carbocycles. The van der Waals surface area contributed by atoms with Crippen LogP contribution >= 0.6 is 0 Å².